The lowest BCUT2D eigenvalue weighted by Crippen LogP contribution is -2.31. The first-order chi connectivity index (χ1) is 5.79. The van der Waals surface area contributed by atoms with Crippen LogP contribution in [0.1, 0.15) is 6.92 Å². The van der Waals surface area contributed by atoms with Crippen LogP contribution in [0.5, 0.6) is 0 Å². The first kappa shape index (κ1) is 8.46. The van der Waals surface area contributed by atoms with Gasteiger partial charge in [-0.1, -0.05) is 18.7 Å². The highest BCUT2D eigenvalue weighted by Crippen LogP contribution is 1.76. The number of aromatic nitrogens is 2. The SMILES string of the molecule is C=C/C=c1/ncnc(N)/c1=C/C. The number of allylic oxidation sites excluding steroid dienone is 1. The highest BCUT2D eigenvalue weighted by Gasteiger charge is 1.90. The normalized spacial score (nSPS) is 13.4. The molecule has 0 aromatic carbocycles. The lowest BCUT2D eigenvalue weighted by molar-refractivity contribution is 1.11. The third kappa shape index (κ3) is 1.50. The molecule has 2 N–H and O–H groups in total. The quantitative estimate of drug-likeness (QED) is 0.622. The number of rotatable bonds is 1. The topological polar surface area (TPSA) is 51.8 Å². The molecule has 0 aliphatic rings. The molecule has 0 spiro atoms. The first-order valence-corrected chi connectivity index (χ1v) is 3.65. The zero-order valence-corrected chi connectivity index (χ0v) is 6.99. The molecule has 62 valence electrons. The Morgan fingerprint density at radius 1 is 1.50 bits per heavy atom. The molecule has 0 fully saturated rings. The zero-order valence-electron chi connectivity index (χ0n) is 6.99. The lowest BCUT2D eigenvalue weighted by atomic mass is 10.3. The number of nitrogens with two attached hydrogens (primary N) is 1. The summed E-state index contributed by atoms with van der Waals surface area (Å²) in [5.41, 5.74) is 5.63. The number of hydrogen-bond donors (Lipinski definition) is 1. The predicted octanol–water partition coefficient (Wildman–Crippen LogP) is -0.174. The van der Waals surface area contributed by atoms with E-state index < -0.39 is 0 Å². The van der Waals surface area contributed by atoms with Crippen LogP contribution < -0.4 is 16.3 Å². The fourth-order valence-corrected chi connectivity index (χ4v) is 0.964. The third-order valence-corrected chi connectivity index (χ3v) is 1.51. The molecule has 3 nitrogen and oxygen atoms in total. The Morgan fingerprint density at radius 2 is 2.25 bits per heavy atom. The van der Waals surface area contributed by atoms with E-state index in [9.17, 15) is 0 Å². The Morgan fingerprint density at radius 3 is 2.83 bits per heavy atom. The van der Waals surface area contributed by atoms with Crippen molar-refractivity contribution in [3.8, 4) is 0 Å². The van der Waals surface area contributed by atoms with E-state index in [2.05, 4.69) is 16.5 Å². The number of nitrogen functional groups attached to an aromatic ring is 1. The van der Waals surface area contributed by atoms with Crippen molar-refractivity contribution >= 4 is 18.0 Å². The van der Waals surface area contributed by atoms with Crippen molar-refractivity contribution in [3.05, 3.63) is 29.6 Å². The molecule has 1 rings (SSSR count). The van der Waals surface area contributed by atoms with E-state index in [1.807, 2.05) is 13.0 Å². The van der Waals surface area contributed by atoms with E-state index in [0.29, 0.717) is 5.82 Å². The van der Waals surface area contributed by atoms with Crippen molar-refractivity contribution in [2.75, 3.05) is 5.73 Å². The third-order valence-electron chi connectivity index (χ3n) is 1.51. The second-order valence-electron chi connectivity index (χ2n) is 2.25. The van der Waals surface area contributed by atoms with Crippen molar-refractivity contribution in [2.45, 2.75) is 6.92 Å². The van der Waals surface area contributed by atoms with Crippen LogP contribution >= 0.6 is 0 Å². The van der Waals surface area contributed by atoms with Crippen molar-refractivity contribution in [1.82, 2.24) is 9.97 Å². The number of anilines is 1. The van der Waals surface area contributed by atoms with Crippen LogP contribution in [0.15, 0.2) is 19.0 Å². The summed E-state index contributed by atoms with van der Waals surface area (Å²) in [6.07, 6.45) is 6.80. The molecule has 3 heteroatoms. The fraction of sp³-hybridized carbons (Fsp3) is 0.111. The molecule has 0 bridgehead atoms. The first-order valence-electron chi connectivity index (χ1n) is 3.65. The van der Waals surface area contributed by atoms with Gasteiger partial charge in [-0.3, -0.25) is 0 Å². The Balaban J connectivity index is 3.61. The average Bonchev–Trinajstić information content (AvgIpc) is 2.05. The highest BCUT2D eigenvalue weighted by atomic mass is 14.9. The van der Waals surface area contributed by atoms with Gasteiger partial charge >= 0.3 is 0 Å². The Bertz CT molecular complexity index is 393. The summed E-state index contributed by atoms with van der Waals surface area (Å²) >= 11 is 0. The van der Waals surface area contributed by atoms with Crippen molar-refractivity contribution in [2.24, 2.45) is 0 Å². The second kappa shape index (κ2) is 3.67. The summed E-state index contributed by atoms with van der Waals surface area (Å²) in [5, 5.41) is 1.66. The summed E-state index contributed by atoms with van der Waals surface area (Å²) in [5.74, 6) is 0.501. The molecule has 1 aromatic rings. The van der Waals surface area contributed by atoms with Crippen molar-refractivity contribution in [1.29, 1.82) is 0 Å². The van der Waals surface area contributed by atoms with Gasteiger partial charge in [0.15, 0.2) is 0 Å². The van der Waals surface area contributed by atoms with Crippen LogP contribution in [0.3, 0.4) is 0 Å². The van der Waals surface area contributed by atoms with Gasteiger partial charge in [0, 0.05) is 5.22 Å². The summed E-state index contributed by atoms with van der Waals surface area (Å²) < 4.78 is 0. The van der Waals surface area contributed by atoms with Crippen LogP contribution in [-0.2, 0) is 0 Å². The zero-order chi connectivity index (χ0) is 8.97. The van der Waals surface area contributed by atoms with Gasteiger partial charge in [0.25, 0.3) is 0 Å². The maximum absolute atomic E-state index is 5.63. The maximum atomic E-state index is 5.63. The minimum atomic E-state index is 0.501. The minimum absolute atomic E-state index is 0.501. The van der Waals surface area contributed by atoms with Crippen LogP contribution in [0.25, 0.3) is 12.2 Å². The van der Waals surface area contributed by atoms with Gasteiger partial charge in [0.2, 0.25) is 0 Å². The largest absolute Gasteiger partial charge is 0.383 e. The average molecular weight is 161 g/mol. The van der Waals surface area contributed by atoms with Crippen molar-refractivity contribution in [3.63, 3.8) is 0 Å². The van der Waals surface area contributed by atoms with E-state index in [1.54, 1.807) is 12.2 Å². The van der Waals surface area contributed by atoms with Crippen LogP contribution in [0, 0.1) is 0 Å². The molecule has 1 heterocycles. The molecule has 0 atom stereocenters. The standard InChI is InChI=1S/C9H11N3/c1-3-5-8-7(4-2)9(10)12-6-11-8/h3-6H,1H2,2H3,(H2,10,11,12)/b7-4+,8-5+. The van der Waals surface area contributed by atoms with Gasteiger partial charge in [-0.2, -0.15) is 0 Å². The lowest BCUT2D eigenvalue weighted by Gasteiger charge is -1.92. The van der Waals surface area contributed by atoms with Crippen LogP contribution in [-0.4, -0.2) is 9.97 Å². The summed E-state index contributed by atoms with van der Waals surface area (Å²) in [6.45, 7) is 5.49. The maximum Gasteiger partial charge on any atom is 0.134 e. The summed E-state index contributed by atoms with van der Waals surface area (Å²) in [6, 6.07) is 0. The number of hydrogen-bond acceptors (Lipinski definition) is 3. The van der Waals surface area contributed by atoms with Crippen LogP contribution in [0.4, 0.5) is 5.82 Å². The van der Waals surface area contributed by atoms with Gasteiger partial charge < -0.3 is 5.73 Å². The molecule has 1 aromatic heterocycles. The molecule has 0 aliphatic heterocycles. The molecule has 0 unspecified atom stereocenters. The highest BCUT2D eigenvalue weighted by molar-refractivity contribution is 5.42. The van der Waals surface area contributed by atoms with E-state index in [-0.39, 0.29) is 0 Å². The summed E-state index contributed by atoms with van der Waals surface area (Å²) in [4.78, 5) is 7.92. The van der Waals surface area contributed by atoms with Gasteiger partial charge in [-0.05, 0) is 13.0 Å². The molecule has 0 radical (unpaired) electrons. The molecule has 0 saturated carbocycles. The van der Waals surface area contributed by atoms with Crippen molar-refractivity contribution < 1.29 is 0 Å². The van der Waals surface area contributed by atoms with Gasteiger partial charge in [0.1, 0.15) is 12.1 Å². The van der Waals surface area contributed by atoms with Crippen LogP contribution in [0.2, 0.25) is 0 Å². The number of nitrogens with zero attached hydrogens (tertiary/aromatic N) is 2. The Labute approximate surface area is 71.0 Å². The van der Waals surface area contributed by atoms with Gasteiger partial charge in [-0.15, -0.1) is 0 Å². The van der Waals surface area contributed by atoms with E-state index in [4.69, 9.17) is 5.73 Å². The smallest absolute Gasteiger partial charge is 0.134 e. The predicted molar refractivity (Wildman–Crippen MR) is 50.5 cm³/mol. The molecule has 0 aliphatic carbocycles. The van der Waals surface area contributed by atoms with E-state index in [0.717, 1.165) is 10.6 Å². The second-order valence-corrected chi connectivity index (χ2v) is 2.25. The molecular formula is C9H11N3. The van der Waals surface area contributed by atoms with E-state index >= 15 is 0 Å². The van der Waals surface area contributed by atoms with E-state index in [1.165, 1.54) is 6.33 Å². The fourth-order valence-electron chi connectivity index (χ4n) is 0.964. The van der Waals surface area contributed by atoms with Gasteiger partial charge in [0.05, 0.1) is 5.35 Å². The van der Waals surface area contributed by atoms with Gasteiger partial charge in [-0.25, -0.2) is 9.97 Å². The summed E-state index contributed by atoms with van der Waals surface area (Å²) in [7, 11) is 0. The molecule has 12 heavy (non-hydrogen) atoms. The Hall–Kier alpha value is -1.64. The molecular weight excluding hydrogens is 150 g/mol. The molecule has 0 saturated heterocycles. The monoisotopic (exact) mass is 161 g/mol. The minimum Gasteiger partial charge on any atom is -0.383 e. The molecule has 0 amide bonds. The Kier molecular flexibility index (Phi) is 2.58.